The number of benzene rings is 2. The fourth-order valence-electron chi connectivity index (χ4n) is 2.25. The van der Waals surface area contributed by atoms with Crippen molar-refractivity contribution in [3.05, 3.63) is 64.7 Å². The van der Waals surface area contributed by atoms with Crippen LogP contribution in [-0.2, 0) is 9.84 Å². The van der Waals surface area contributed by atoms with Crippen LogP contribution in [0.5, 0.6) is 0 Å². The molecule has 1 unspecified atom stereocenters. The van der Waals surface area contributed by atoms with Gasteiger partial charge in [-0.2, -0.15) is 0 Å². The number of sulfone groups is 1. The smallest absolute Gasteiger partial charge is 0.186 e. The van der Waals surface area contributed by atoms with Crippen molar-refractivity contribution >= 4 is 21.4 Å². The van der Waals surface area contributed by atoms with E-state index < -0.39 is 26.7 Å². The maximum absolute atomic E-state index is 14.1. The van der Waals surface area contributed by atoms with Crippen LogP contribution in [0.2, 0.25) is 5.02 Å². The molecule has 23 heavy (non-hydrogen) atoms. The van der Waals surface area contributed by atoms with Gasteiger partial charge in [-0.25, -0.2) is 17.2 Å². The Morgan fingerprint density at radius 2 is 1.70 bits per heavy atom. The molecule has 0 aliphatic carbocycles. The lowest BCUT2D eigenvalue weighted by Gasteiger charge is -2.22. The maximum atomic E-state index is 14.1. The molecule has 0 radical (unpaired) electrons. The molecule has 0 amide bonds. The fraction of sp³-hybridized carbons (Fsp3) is 0.250. The molecule has 1 atom stereocenters. The van der Waals surface area contributed by atoms with Gasteiger partial charge in [0.05, 0.1) is 4.90 Å². The third-order valence-electron chi connectivity index (χ3n) is 3.35. The van der Waals surface area contributed by atoms with E-state index in [-0.39, 0.29) is 17.0 Å². The number of hydrogen-bond donors (Lipinski definition) is 0. The molecule has 0 N–H and O–H groups in total. The van der Waals surface area contributed by atoms with Crippen LogP contribution in [-0.4, -0.2) is 34.0 Å². The summed E-state index contributed by atoms with van der Waals surface area (Å²) in [5.41, 5.74) is -0.186. The van der Waals surface area contributed by atoms with E-state index in [1.165, 1.54) is 24.3 Å². The van der Waals surface area contributed by atoms with Crippen LogP contribution in [0, 0.1) is 11.6 Å². The second-order valence-corrected chi connectivity index (χ2v) is 7.98. The summed E-state index contributed by atoms with van der Waals surface area (Å²) in [4.78, 5) is 1.63. The van der Waals surface area contributed by atoms with Crippen molar-refractivity contribution in [1.82, 2.24) is 4.90 Å². The zero-order chi connectivity index (χ0) is 17.2. The molecular weight excluding hydrogens is 344 g/mol. The Balaban J connectivity index is 2.58. The standard InChI is InChI=1S/C16H16ClF2NO2S/c1-20(2)10-16(14-9-12(18)5-8-15(14)19)23(21,22)13-6-3-11(17)4-7-13/h3-9,16H,10H2,1-2H3. The maximum Gasteiger partial charge on any atom is 0.186 e. The number of rotatable bonds is 5. The van der Waals surface area contributed by atoms with Crippen LogP contribution in [0.1, 0.15) is 10.8 Å². The summed E-state index contributed by atoms with van der Waals surface area (Å²) in [6.07, 6.45) is 0. The Morgan fingerprint density at radius 3 is 2.26 bits per heavy atom. The molecule has 0 saturated heterocycles. The number of hydrogen-bond acceptors (Lipinski definition) is 3. The monoisotopic (exact) mass is 359 g/mol. The zero-order valence-corrected chi connectivity index (χ0v) is 14.2. The highest BCUT2D eigenvalue weighted by atomic mass is 35.5. The van der Waals surface area contributed by atoms with Crippen molar-refractivity contribution in [3.63, 3.8) is 0 Å². The Bertz CT molecular complexity index is 792. The van der Waals surface area contributed by atoms with Gasteiger partial charge in [0.1, 0.15) is 16.9 Å². The summed E-state index contributed by atoms with van der Waals surface area (Å²) in [5, 5.41) is -0.834. The van der Waals surface area contributed by atoms with Gasteiger partial charge in [0.2, 0.25) is 0 Å². The zero-order valence-electron chi connectivity index (χ0n) is 12.6. The highest BCUT2D eigenvalue weighted by Gasteiger charge is 2.32. The summed E-state index contributed by atoms with van der Waals surface area (Å²) in [6.45, 7) is 0.0192. The molecule has 0 saturated carbocycles. The minimum atomic E-state index is -3.91. The molecule has 2 aromatic carbocycles. The van der Waals surface area contributed by atoms with E-state index >= 15 is 0 Å². The minimum Gasteiger partial charge on any atom is -0.308 e. The van der Waals surface area contributed by atoms with E-state index in [1.807, 2.05) is 0 Å². The summed E-state index contributed by atoms with van der Waals surface area (Å²) in [5.74, 6) is -1.44. The lowest BCUT2D eigenvalue weighted by atomic mass is 10.1. The average molecular weight is 360 g/mol. The number of likely N-dealkylation sites (N-methyl/N-ethyl adjacent to an activating group) is 1. The highest BCUT2D eigenvalue weighted by Crippen LogP contribution is 2.32. The Hall–Kier alpha value is -1.50. The van der Waals surface area contributed by atoms with Gasteiger partial charge in [0.15, 0.2) is 9.84 Å². The van der Waals surface area contributed by atoms with Crippen LogP contribution in [0.3, 0.4) is 0 Å². The van der Waals surface area contributed by atoms with Crippen molar-refractivity contribution in [2.45, 2.75) is 10.1 Å². The first-order valence-electron chi connectivity index (χ1n) is 6.81. The van der Waals surface area contributed by atoms with Gasteiger partial charge < -0.3 is 4.90 Å². The first-order valence-corrected chi connectivity index (χ1v) is 8.73. The van der Waals surface area contributed by atoms with Crippen molar-refractivity contribution < 1.29 is 17.2 Å². The van der Waals surface area contributed by atoms with Gasteiger partial charge in [-0.1, -0.05) is 11.6 Å². The Kier molecular flexibility index (Phi) is 5.39. The highest BCUT2D eigenvalue weighted by molar-refractivity contribution is 7.91. The van der Waals surface area contributed by atoms with E-state index in [2.05, 4.69) is 0 Å². The van der Waals surface area contributed by atoms with Gasteiger partial charge in [0.25, 0.3) is 0 Å². The van der Waals surface area contributed by atoms with Gasteiger partial charge in [0, 0.05) is 17.1 Å². The molecule has 0 aliphatic heterocycles. The molecule has 124 valence electrons. The second-order valence-electron chi connectivity index (χ2n) is 5.42. The topological polar surface area (TPSA) is 37.4 Å². The van der Waals surface area contributed by atoms with E-state index in [1.54, 1.807) is 19.0 Å². The molecule has 2 aromatic rings. The molecule has 0 bridgehead atoms. The predicted octanol–water partition coefficient (Wildman–Crippen LogP) is 3.69. The number of halogens is 3. The van der Waals surface area contributed by atoms with Crippen LogP contribution >= 0.6 is 11.6 Å². The van der Waals surface area contributed by atoms with E-state index in [4.69, 9.17) is 11.6 Å². The lowest BCUT2D eigenvalue weighted by Crippen LogP contribution is -2.27. The van der Waals surface area contributed by atoms with Crippen molar-refractivity contribution in [2.24, 2.45) is 0 Å². The van der Waals surface area contributed by atoms with Crippen molar-refractivity contribution in [1.29, 1.82) is 0 Å². The molecule has 0 aliphatic rings. The summed E-state index contributed by atoms with van der Waals surface area (Å²) in [6, 6.07) is 8.43. The Labute approximate surface area is 139 Å². The number of nitrogens with zero attached hydrogens (tertiary/aromatic N) is 1. The van der Waals surface area contributed by atoms with Gasteiger partial charge in [-0.3, -0.25) is 0 Å². The predicted molar refractivity (Wildman–Crippen MR) is 86.3 cm³/mol. The van der Waals surface area contributed by atoms with Crippen LogP contribution in [0.4, 0.5) is 8.78 Å². The Morgan fingerprint density at radius 1 is 1.09 bits per heavy atom. The van der Waals surface area contributed by atoms with Crippen molar-refractivity contribution in [3.8, 4) is 0 Å². The van der Waals surface area contributed by atoms with E-state index in [0.29, 0.717) is 5.02 Å². The largest absolute Gasteiger partial charge is 0.308 e. The third-order valence-corrected chi connectivity index (χ3v) is 5.69. The van der Waals surface area contributed by atoms with Crippen molar-refractivity contribution in [2.75, 3.05) is 20.6 Å². The minimum absolute atomic E-state index is 0.0115. The van der Waals surface area contributed by atoms with Gasteiger partial charge in [-0.05, 0) is 56.6 Å². The normalized spacial score (nSPS) is 13.3. The first-order chi connectivity index (χ1) is 10.7. The van der Waals surface area contributed by atoms with E-state index in [0.717, 1.165) is 18.2 Å². The van der Waals surface area contributed by atoms with Crippen LogP contribution in [0.25, 0.3) is 0 Å². The van der Waals surface area contributed by atoms with E-state index in [9.17, 15) is 17.2 Å². The molecule has 7 heteroatoms. The van der Waals surface area contributed by atoms with Crippen LogP contribution in [0.15, 0.2) is 47.4 Å². The van der Waals surface area contributed by atoms with Crippen LogP contribution < -0.4 is 0 Å². The van der Waals surface area contributed by atoms with Gasteiger partial charge in [-0.15, -0.1) is 0 Å². The third kappa shape index (κ3) is 4.07. The fourth-order valence-corrected chi connectivity index (χ4v) is 4.22. The summed E-state index contributed by atoms with van der Waals surface area (Å²) < 4.78 is 53.4. The molecule has 2 rings (SSSR count). The molecule has 0 heterocycles. The quantitative estimate of drug-likeness (QED) is 0.817. The average Bonchev–Trinajstić information content (AvgIpc) is 2.47. The second kappa shape index (κ2) is 6.95. The molecular formula is C16H16ClF2NO2S. The molecule has 0 spiro atoms. The SMILES string of the molecule is CN(C)CC(c1cc(F)ccc1F)S(=O)(=O)c1ccc(Cl)cc1. The van der Waals surface area contributed by atoms with Gasteiger partial charge >= 0.3 is 0 Å². The molecule has 3 nitrogen and oxygen atoms in total. The molecule has 0 fully saturated rings. The first kappa shape index (κ1) is 17.8. The molecule has 0 aromatic heterocycles. The summed E-state index contributed by atoms with van der Waals surface area (Å²) in [7, 11) is -0.576. The summed E-state index contributed by atoms with van der Waals surface area (Å²) >= 11 is 5.78. The lowest BCUT2D eigenvalue weighted by molar-refractivity contribution is 0.397.